The lowest BCUT2D eigenvalue weighted by molar-refractivity contribution is 0.555. The summed E-state index contributed by atoms with van der Waals surface area (Å²) in [6, 6.07) is 10.7. The van der Waals surface area contributed by atoms with E-state index in [9.17, 15) is 0 Å². The van der Waals surface area contributed by atoms with Gasteiger partial charge in [0.2, 0.25) is 0 Å². The van der Waals surface area contributed by atoms with Crippen molar-refractivity contribution in [2.24, 2.45) is 5.92 Å². The normalized spacial score (nSPS) is 24.2. The van der Waals surface area contributed by atoms with E-state index in [0.29, 0.717) is 0 Å². The number of hydrogen-bond donors (Lipinski definition) is 0. The van der Waals surface area contributed by atoms with Crippen molar-refractivity contribution in [3.63, 3.8) is 0 Å². The molecular formula is C20H26N2S. The lowest BCUT2D eigenvalue weighted by Crippen LogP contribution is -2.13. The molecule has 122 valence electrons. The zero-order valence-corrected chi connectivity index (χ0v) is 14.9. The molecule has 2 nitrogen and oxygen atoms in total. The van der Waals surface area contributed by atoms with Crippen LogP contribution in [0.3, 0.4) is 0 Å². The fourth-order valence-electron chi connectivity index (χ4n) is 3.14. The van der Waals surface area contributed by atoms with Crippen LogP contribution in [0.4, 0.5) is 0 Å². The van der Waals surface area contributed by atoms with Crippen molar-refractivity contribution in [3.05, 3.63) is 71.5 Å². The van der Waals surface area contributed by atoms with E-state index in [1.165, 1.54) is 36.2 Å². The number of aromatic nitrogens is 2. The largest absolute Gasteiger partial charge is 0.292 e. The van der Waals surface area contributed by atoms with E-state index in [0.717, 1.165) is 5.92 Å². The zero-order chi connectivity index (χ0) is 16.1. The van der Waals surface area contributed by atoms with Crippen molar-refractivity contribution >= 4 is 15.8 Å². The van der Waals surface area contributed by atoms with E-state index < -0.39 is 10.2 Å². The summed E-state index contributed by atoms with van der Waals surface area (Å²) in [5.74, 6) is 1.93. The molecular weight excluding hydrogens is 300 g/mol. The van der Waals surface area contributed by atoms with Crippen molar-refractivity contribution in [1.29, 1.82) is 0 Å². The summed E-state index contributed by atoms with van der Waals surface area (Å²) in [6.07, 6.45) is 12.2. The van der Waals surface area contributed by atoms with E-state index in [1.807, 2.05) is 12.5 Å². The third-order valence-electron chi connectivity index (χ3n) is 4.40. The van der Waals surface area contributed by atoms with E-state index in [-0.39, 0.29) is 0 Å². The highest BCUT2D eigenvalue weighted by Crippen LogP contribution is 2.59. The molecule has 2 unspecified atom stereocenters. The van der Waals surface area contributed by atoms with Gasteiger partial charge in [0, 0.05) is 18.1 Å². The summed E-state index contributed by atoms with van der Waals surface area (Å²) in [6.45, 7) is 4.66. The number of rotatable bonds is 7. The summed E-state index contributed by atoms with van der Waals surface area (Å²) in [7, 11) is -1.11. The van der Waals surface area contributed by atoms with Crippen molar-refractivity contribution in [3.8, 4) is 0 Å². The van der Waals surface area contributed by atoms with Crippen LogP contribution in [0.2, 0.25) is 0 Å². The molecule has 1 aliphatic heterocycles. The molecule has 0 saturated heterocycles. The van der Waals surface area contributed by atoms with Crippen molar-refractivity contribution < 1.29 is 0 Å². The molecule has 23 heavy (non-hydrogen) atoms. The molecule has 1 aromatic carbocycles. The van der Waals surface area contributed by atoms with Crippen LogP contribution in [0.1, 0.15) is 38.7 Å². The molecule has 0 amide bonds. The van der Waals surface area contributed by atoms with Gasteiger partial charge in [-0.1, -0.05) is 57.0 Å². The molecule has 0 radical (unpaired) electrons. The maximum Gasteiger partial charge on any atom is 0.104 e. The summed E-state index contributed by atoms with van der Waals surface area (Å²) in [4.78, 5) is 4.30. The van der Waals surface area contributed by atoms with Gasteiger partial charge in [-0.15, -0.1) is 10.2 Å². The van der Waals surface area contributed by atoms with Crippen molar-refractivity contribution in [2.45, 2.75) is 33.1 Å². The molecule has 2 atom stereocenters. The molecule has 0 saturated carbocycles. The molecule has 3 heteroatoms. The van der Waals surface area contributed by atoms with Crippen LogP contribution in [0.5, 0.6) is 0 Å². The van der Waals surface area contributed by atoms with Gasteiger partial charge in [0.05, 0.1) is 0 Å². The van der Waals surface area contributed by atoms with Gasteiger partial charge in [-0.05, 0) is 40.4 Å². The molecule has 3 rings (SSSR count). The Balaban J connectivity index is 1.90. The molecule has 0 bridgehead atoms. The average Bonchev–Trinajstić information content (AvgIpc) is 3.24. The zero-order valence-electron chi connectivity index (χ0n) is 14.1. The minimum atomic E-state index is -1.11. The molecule has 0 spiro atoms. The third-order valence-corrected chi connectivity index (χ3v) is 7.77. The van der Waals surface area contributed by atoms with Crippen molar-refractivity contribution in [2.75, 3.05) is 5.75 Å². The lowest BCUT2D eigenvalue weighted by atomic mass is 10.1. The molecule has 0 fully saturated rings. The van der Waals surface area contributed by atoms with Gasteiger partial charge in [0.25, 0.3) is 0 Å². The Bertz CT molecular complexity index is 673. The maximum atomic E-state index is 4.30. The number of imidazole rings is 1. The highest BCUT2D eigenvalue weighted by atomic mass is 32.3. The third kappa shape index (κ3) is 3.61. The summed E-state index contributed by atoms with van der Waals surface area (Å²) in [5.41, 5.74) is 2.65. The maximum absolute atomic E-state index is 4.30. The Morgan fingerprint density at radius 2 is 2.04 bits per heavy atom. The van der Waals surface area contributed by atoms with Crippen LogP contribution in [-0.2, 0) is 0 Å². The van der Waals surface area contributed by atoms with Gasteiger partial charge in [0.15, 0.2) is 0 Å². The molecule has 1 aromatic heterocycles. The first-order valence-electron chi connectivity index (χ1n) is 8.48. The van der Waals surface area contributed by atoms with Crippen LogP contribution in [0.25, 0.3) is 5.57 Å². The highest BCUT2D eigenvalue weighted by molar-refractivity contribution is 8.37. The van der Waals surface area contributed by atoms with E-state index >= 15 is 0 Å². The van der Waals surface area contributed by atoms with Gasteiger partial charge in [0.1, 0.15) is 6.33 Å². The van der Waals surface area contributed by atoms with Crippen molar-refractivity contribution in [1.82, 2.24) is 8.96 Å². The lowest BCUT2D eigenvalue weighted by Gasteiger charge is -2.35. The van der Waals surface area contributed by atoms with E-state index in [2.05, 4.69) is 76.2 Å². The van der Waals surface area contributed by atoms with Crippen LogP contribution in [0, 0.1) is 5.92 Å². The number of unbranched alkanes of at least 4 members (excludes halogenated alkanes) is 1. The Morgan fingerprint density at radius 1 is 1.22 bits per heavy atom. The number of allylic oxidation sites excluding steroid dienone is 2. The second kappa shape index (κ2) is 7.22. The first-order valence-corrected chi connectivity index (χ1v) is 10.4. The first-order chi connectivity index (χ1) is 11.2. The Hall–Kier alpha value is -1.74. The molecule has 2 aromatic rings. The molecule has 0 N–H and O–H groups in total. The van der Waals surface area contributed by atoms with Crippen LogP contribution >= 0.6 is 10.2 Å². The Kier molecular flexibility index (Phi) is 5.06. The Labute approximate surface area is 141 Å². The fourth-order valence-corrected chi connectivity index (χ4v) is 6.49. The summed E-state index contributed by atoms with van der Waals surface area (Å²) >= 11 is 0. The van der Waals surface area contributed by atoms with Gasteiger partial charge in [-0.2, -0.15) is 0 Å². The minimum Gasteiger partial charge on any atom is -0.292 e. The standard InChI is InChI=1S/C20H26N2S/c1-3-4-8-18(2)15-23(22-13-12-21-17-22)14-11-20(16-23)19-9-6-5-7-10-19/h5-7,9-14,16-18H,3-4,8,15H2,1-2H3. The first kappa shape index (κ1) is 16.1. The predicted molar refractivity (Wildman–Crippen MR) is 102 cm³/mol. The monoisotopic (exact) mass is 326 g/mol. The van der Waals surface area contributed by atoms with Gasteiger partial charge < -0.3 is 0 Å². The fraction of sp³-hybridized carbons (Fsp3) is 0.350. The quantitative estimate of drug-likeness (QED) is 0.624. The predicted octanol–water partition coefficient (Wildman–Crippen LogP) is 5.85. The SMILES string of the molecule is CCCCC(C)CS1(n2ccnc2)C=CC(c2ccccc2)=C1. The van der Waals surface area contributed by atoms with Crippen LogP contribution in [-0.4, -0.2) is 14.7 Å². The summed E-state index contributed by atoms with van der Waals surface area (Å²) < 4.78 is 2.34. The van der Waals surface area contributed by atoms with E-state index in [1.54, 1.807) is 0 Å². The Morgan fingerprint density at radius 3 is 2.74 bits per heavy atom. The van der Waals surface area contributed by atoms with Crippen LogP contribution in [0.15, 0.2) is 65.9 Å². The van der Waals surface area contributed by atoms with Gasteiger partial charge >= 0.3 is 0 Å². The second-order valence-electron chi connectivity index (χ2n) is 6.39. The second-order valence-corrected chi connectivity index (χ2v) is 9.27. The topological polar surface area (TPSA) is 17.8 Å². The minimum absolute atomic E-state index is 0.725. The van der Waals surface area contributed by atoms with Gasteiger partial charge in [-0.25, -0.2) is 4.98 Å². The van der Waals surface area contributed by atoms with Gasteiger partial charge in [-0.3, -0.25) is 3.97 Å². The molecule has 0 aliphatic carbocycles. The molecule has 1 aliphatic rings. The number of benzene rings is 1. The summed E-state index contributed by atoms with van der Waals surface area (Å²) in [5, 5.41) is 4.92. The average molecular weight is 327 g/mol. The van der Waals surface area contributed by atoms with E-state index in [4.69, 9.17) is 0 Å². The highest BCUT2D eigenvalue weighted by Gasteiger charge is 2.27. The number of nitrogens with zero attached hydrogens (tertiary/aromatic N) is 2. The smallest absolute Gasteiger partial charge is 0.104 e. The molecule has 2 heterocycles. The van der Waals surface area contributed by atoms with Crippen LogP contribution < -0.4 is 0 Å². The number of hydrogen-bond acceptors (Lipinski definition) is 1.